The first-order valence-electron chi connectivity index (χ1n) is 14.6. The summed E-state index contributed by atoms with van der Waals surface area (Å²) in [5.74, 6) is 1.70. The molecule has 3 aromatic rings. The first-order valence-corrected chi connectivity index (χ1v) is 14.6. The van der Waals surface area contributed by atoms with Crippen molar-refractivity contribution >= 4 is 17.6 Å². The Balaban J connectivity index is 1.28. The number of amides is 1. The van der Waals surface area contributed by atoms with Gasteiger partial charge in [-0.15, -0.1) is 0 Å². The number of carboxylic acid groups (broad SMARTS) is 1. The number of carbonyl (C=O) groups excluding carboxylic acids is 1. The summed E-state index contributed by atoms with van der Waals surface area (Å²) in [5, 5.41) is 16.0. The smallest absolute Gasteiger partial charge is 0.339 e. The van der Waals surface area contributed by atoms with Crippen LogP contribution in [0.15, 0.2) is 66.7 Å². The minimum atomic E-state index is -1.10. The minimum absolute atomic E-state index is 0.0229. The summed E-state index contributed by atoms with van der Waals surface area (Å²) >= 11 is 0. The summed E-state index contributed by atoms with van der Waals surface area (Å²) in [5.41, 5.74) is 2.79. The maximum atomic E-state index is 12.5. The predicted molar refractivity (Wildman–Crippen MR) is 163 cm³/mol. The topological polar surface area (TPSA) is 106 Å². The minimum Gasteiger partial charge on any atom is -0.497 e. The zero-order valence-electron chi connectivity index (χ0n) is 24.9. The third-order valence-electron chi connectivity index (χ3n) is 7.97. The summed E-state index contributed by atoms with van der Waals surface area (Å²) in [6.07, 6.45) is 3.56. The molecule has 0 saturated heterocycles. The van der Waals surface area contributed by atoms with Gasteiger partial charge in [-0.3, -0.25) is 4.79 Å². The maximum absolute atomic E-state index is 12.5. The summed E-state index contributed by atoms with van der Waals surface area (Å²) in [6.45, 7) is 7.78. The zero-order chi connectivity index (χ0) is 30.1. The molecule has 8 nitrogen and oxygen atoms in total. The molecule has 1 fully saturated rings. The van der Waals surface area contributed by atoms with E-state index in [4.69, 9.17) is 14.2 Å². The van der Waals surface area contributed by atoms with E-state index in [-0.39, 0.29) is 29.9 Å². The molecule has 0 aliphatic heterocycles. The highest BCUT2D eigenvalue weighted by Crippen LogP contribution is 2.37. The molecule has 0 bridgehead atoms. The van der Waals surface area contributed by atoms with E-state index >= 15 is 0 Å². The van der Waals surface area contributed by atoms with Crippen molar-refractivity contribution < 1.29 is 28.9 Å². The number of hydrogen-bond acceptors (Lipinski definition) is 6. The van der Waals surface area contributed by atoms with Crippen molar-refractivity contribution in [3.05, 3.63) is 83.4 Å². The van der Waals surface area contributed by atoms with E-state index in [1.165, 1.54) is 19.6 Å². The van der Waals surface area contributed by atoms with Crippen LogP contribution in [0.4, 0.5) is 5.69 Å². The van der Waals surface area contributed by atoms with Crippen LogP contribution in [-0.2, 0) is 22.6 Å². The second-order valence-corrected chi connectivity index (χ2v) is 11.3. The van der Waals surface area contributed by atoms with Crippen LogP contribution >= 0.6 is 0 Å². The Morgan fingerprint density at radius 1 is 0.976 bits per heavy atom. The molecule has 4 rings (SSSR count). The molecule has 224 valence electrons. The van der Waals surface area contributed by atoms with Gasteiger partial charge >= 0.3 is 5.97 Å². The first-order chi connectivity index (χ1) is 20.2. The van der Waals surface area contributed by atoms with Gasteiger partial charge in [0.1, 0.15) is 29.4 Å². The molecule has 42 heavy (non-hydrogen) atoms. The number of para-hydroxylation sites is 1. The average Bonchev–Trinajstić information content (AvgIpc) is 2.99. The molecule has 1 aliphatic carbocycles. The van der Waals surface area contributed by atoms with E-state index in [1.807, 2.05) is 42.5 Å². The average molecular weight is 575 g/mol. The Morgan fingerprint density at radius 2 is 1.74 bits per heavy atom. The lowest BCUT2D eigenvalue weighted by molar-refractivity contribution is -0.132. The molecule has 1 amide bonds. The van der Waals surface area contributed by atoms with Gasteiger partial charge in [0.15, 0.2) is 0 Å². The Bertz CT molecular complexity index is 1340. The lowest BCUT2D eigenvalue weighted by atomic mass is 9.72. The molecule has 0 spiro atoms. The van der Waals surface area contributed by atoms with Crippen LogP contribution in [0.5, 0.6) is 17.2 Å². The van der Waals surface area contributed by atoms with Crippen molar-refractivity contribution in [3.8, 4) is 17.2 Å². The van der Waals surface area contributed by atoms with Crippen molar-refractivity contribution in [3.63, 3.8) is 0 Å². The highest BCUT2D eigenvalue weighted by Gasteiger charge is 2.33. The number of ether oxygens (including phenoxy) is 3. The molecule has 3 unspecified atom stereocenters. The Hall–Kier alpha value is -4.04. The van der Waals surface area contributed by atoms with E-state index in [0.717, 1.165) is 29.7 Å². The van der Waals surface area contributed by atoms with Crippen LogP contribution in [0.1, 0.15) is 61.5 Å². The van der Waals surface area contributed by atoms with E-state index in [1.54, 1.807) is 18.2 Å². The zero-order valence-corrected chi connectivity index (χ0v) is 24.9. The molecule has 8 heteroatoms. The molecule has 1 aliphatic rings. The quantitative estimate of drug-likeness (QED) is 0.204. The SMILES string of the molecule is COc1ccc(Oc2ccccc2CNc2ccc(CNC(=O)COC3CCCC(C)C3C(C)C)cc2)c(C(=O)O)c1. The van der Waals surface area contributed by atoms with E-state index < -0.39 is 5.97 Å². The van der Waals surface area contributed by atoms with Crippen LogP contribution in [0.3, 0.4) is 0 Å². The Labute approximate surface area is 248 Å². The number of hydrogen-bond donors (Lipinski definition) is 3. The van der Waals surface area contributed by atoms with E-state index in [2.05, 4.69) is 31.4 Å². The second kappa shape index (κ2) is 14.7. The van der Waals surface area contributed by atoms with Gasteiger partial charge in [-0.1, -0.05) is 63.9 Å². The van der Waals surface area contributed by atoms with Crippen LogP contribution in [0.2, 0.25) is 0 Å². The fraction of sp³-hybridized carbons (Fsp3) is 0.412. The van der Waals surface area contributed by atoms with Crippen LogP contribution in [0, 0.1) is 17.8 Å². The summed E-state index contributed by atoms with van der Waals surface area (Å²) in [7, 11) is 1.49. The van der Waals surface area contributed by atoms with Gasteiger partial charge in [0.2, 0.25) is 5.91 Å². The molecule has 0 aromatic heterocycles. The Kier molecular flexibility index (Phi) is 10.8. The molecule has 3 atom stereocenters. The number of benzene rings is 3. The number of anilines is 1. The van der Waals surface area contributed by atoms with Gasteiger partial charge in [-0.25, -0.2) is 4.79 Å². The highest BCUT2D eigenvalue weighted by molar-refractivity contribution is 5.91. The second-order valence-electron chi connectivity index (χ2n) is 11.3. The van der Waals surface area contributed by atoms with Gasteiger partial charge in [-0.2, -0.15) is 0 Å². The number of rotatable bonds is 13. The molecular weight excluding hydrogens is 532 g/mol. The van der Waals surface area contributed by atoms with Crippen LogP contribution in [-0.4, -0.2) is 36.8 Å². The molecule has 0 radical (unpaired) electrons. The molecule has 0 heterocycles. The first kappa shape index (κ1) is 30.9. The number of methoxy groups -OCH3 is 1. The fourth-order valence-electron chi connectivity index (χ4n) is 5.81. The Morgan fingerprint density at radius 3 is 2.45 bits per heavy atom. The van der Waals surface area contributed by atoms with Crippen molar-refractivity contribution in [2.24, 2.45) is 17.8 Å². The van der Waals surface area contributed by atoms with Crippen molar-refractivity contribution in [2.45, 2.75) is 59.2 Å². The van der Waals surface area contributed by atoms with Crippen molar-refractivity contribution in [1.82, 2.24) is 5.32 Å². The van der Waals surface area contributed by atoms with Crippen LogP contribution < -0.4 is 20.1 Å². The lowest BCUT2D eigenvalue weighted by Crippen LogP contribution is -2.39. The predicted octanol–water partition coefficient (Wildman–Crippen LogP) is 6.89. The number of carbonyl (C=O) groups is 2. The number of carboxylic acids is 1. The molecule has 3 N–H and O–H groups in total. The van der Waals surface area contributed by atoms with Crippen molar-refractivity contribution in [2.75, 3.05) is 19.0 Å². The largest absolute Gasteiger partial charge is 0.497 e. The summed E-state index contributed by atoms with van der Waals surface area (Å²) in [4.78, 5) is 24.3. The third kappa shape index (κ3) is 8.26. The van der Waals surface area contributed by atoms with Gasteiger partial charge in [-0.05, 0) is 66.1 Å². The van der Waals surface area contributed by atoms with Gasteiger partial charge in [0, 0.05) is 24.3 Å². The highest BCUT2D eigenvalue weighted by atomic mass is 16.5. The standard InChI is InChI=1S/C34H42N2O6/c1-22(2)33-23(3)8-7-11-31(33)41-21-32(37)36-19-24-12-14-26(15-13-24)35-20-25-9-5-6-10-29(25)42-30-17-16-27(40-4)18-28(30)34(38)39/h5-6,9-10,12-18,22-23,31,33,35H,7-8,11,19-21H2,1-4H3,(H,36,37)(H,38,39). The molecule has 1 saturated carbocycles. The summed E-state index contributed by atoms with van der Waals surface area (Å²) < 4.78 is 17.2. The monoisotopic (exact) mass is 574 g/mol. The van der Waals surface area contributed by atoms with Gasteiger partial charge < -0.3 is 30.0 Å². The third-order valence-corrected chi connectivity index (χ3v) is 7.97. The van der Waals surface area contributed by atoms with Gasteiger partial charge in [0.05, 0.1) is 13.2 Å². The number of aromatic carboxylic acids is 1. The lowest BCUT2D eigenvalue weighted by Gasteiger charge is -2.38. The molecular formula is C34H42N2O6. The number of nitrogens with one attached hydrogen (secondary N) is 2. The van der Waals surface area contributed by atoms with Crippen LogP contribution in [0.25, 0.3) is 0 Å². The fourth-order valence-corrected chi connectivity index (χ4v) is 5.81. The van der Waals surface area contributed by atoms with E-state index in [9.17, 15) is 14.7 Å². The molecule has 3 aromatic carbocycles. The van der Waals surface area contributed by atoms with Crippen molar-refractivity contribution in [1.29, 1.82) is 0 Å². The van der Waals surface area contributed by atoms with E-state index in [0.29, 0.717) is 42.3 Å². The normalized spacial score (nSPS) is 18.4. The van der Waals surface area contributed by atoms with Gasteiger partial charge in [0.25, 0.3) is 0 Å². The summed E-state index contributed by atoms with van der Waals surface area (Å²) in [6, 6.07) is 20.0. The maximum Gasteiger partial charge on any atom is 0.339 e.